The lowest BCUT2D eigenvalue weighted by atomic mass is 9.69. The minimum atomic E-state index is -0.0126. The Morgan fingerprint density at radius 3 is 3.13 bits per heavy atom. The Morgan fingerprint density at radius 2 is 2.33 bits per heavy atom. The van der Waals surface area contributed by atoms with Crippen molar-refractivity contribution >= 4 is 5.78 Å². The van der Waals surface area contributed by atoms with Gasteiger partial charge in [0, 0.05) is 23.8 Å². The molecule has 0 fully saturated rings. The second kappa shape index (κ2) is 2.84. The molecule has 1 atom stereocenters. The van der Waals surface area contributed by atoms with E-state index in [0.29, 0.717) is 25.2 Å². The van der Waals surface area contributed by atoms with Crippen molar-refractivity contribution in [3.8, 4) is 5.75 Å². The van der Waals surface area contributed by atoms with Gasteiger partial charge >= 0.3 is 0 Å². The molecule has 78 valence electrons. The molecule has 3 rings (SSSR count). The zero-order chi connectivity index (χ0) is 10.5. The zero-order valence-electron chi connectivity index (χ0n) is 8.88. The van der Waals surface area contributed by atoms with Crippen LogP contribution in [0, 0.1) is 0 Å². The first kappa shape index (κ1) is 8.96. The van der Waals surface area contributed by atoms with E-state index in [1.807, 2.05) is 12.1 Å². The maximum Gasteiger partial charge on any atom is 0.138 e. The number of carbonyl (C=O) groups excluding carboxylic acids is 1. The summed E-state index contributed by atoms with van der Waals surface area (Å²) in [7, 11) is 0. The van der Waals surface area contributed by atoms with Crippen LogP contribution in [0.4, 0.5) is 0 Å². The molecule has 1 aliphatic heterocycles. The quantitative estimate of drug-likeness (QED) is 0.698. The van der Waals surface area contributed by atoms with Crippen molar-refractivity contribution in [1.82, 2.24) is 0 Å². The molecule has 2 heteroatoms. The van der Waals surface area contributed by atoms with Crippen LogP contribution in [0.1, 0.15) is 30.9 Å². The smallest absolute Gasteiger partial charge is 0.138 e. The molecule has 1 heterocycles. The molecule has 0 spiro atoms. The van der Waals surface area contributed by atoms with Crippen LogP contribution in [0.3, 0.4) is 0 Å². The third kappa shape index (κ3) is 1.08. The molecule has 0 aromatic heterocycles. The van der Waals surface area contributed by atoms with Crippen LogP contribution in [0.15, 0.2) is 18.2 Å². The molecule has 0 bridgehead atoms. The predicted molar refractivity (Wildman–Crippen MR) is 57.2 cm³/mol. The molecule has 0 radical (unpaired) electrons. The van der Waals surface area contributed by atoms with Gasteiger partial charge in [-0.25, -0.2) is 0 Å². The fraction of sp³-hybridized carbons (Fsp3) is 0.462. The summed E-state index contributed by atoms with van der Waals surface area (Å²) in [5.74, 6) is 1.36. The SMILES string of the molecule is CC[C@]12COc3cccc(c31)CC(=O)C2. The number of carbonyl (C=O) groups is 1. The maximum absolute atomic E-state index is 11.7. The maximum atomic E-state index is 11.7. The molecule has 15 heavy (non-hydrogen) atoms. The van der Waals surface area contributed by atoms with Gasteiger partial charge in [0.15, 0.2) is 0 Å². The number of benzene rings is 1. The van der Waals surface area contributed by atoms with Crippen molar-refractivity contribution in [2.75, 3.05) is 6.61 Å². The number of ether oxygens (including phenoxy) is 1. The Bertz CT molecular complexity index is 436. The van der Waals surface area contributed by atoms with Crippen LogP contribution in [-0.2, 0) is 16.6 Å². The molecule has 0 N–H and O–H groups in total. The third-order valence-electron chi connectivity index (χ3n) is 3.75. The van der Waals surface area contributed by atoms with E-state index in [-0.39, 0.29) is 5.41 Å². The van der Waals surface area contributed by atoms with Gasteiger partial charge in [0.05, 0.1) is 6.61 Å². The first-order valence-corrected chi connectivity index (χ1v) is 5.52. The molecular formula is C13H14O2. The van der Waals surface area contributed by atoms with E-state index in [1.165, 1.54) is 11.1 Å². The Labute approximate surface area is 89.2 Å². The summed E-state index contributed by atoms with van der Waals surface area (Å²) in [6, 6.07) is 6.07. The van der Waals surface area contributed by atoms with Gasteiger partial charge in [-0.3, -0.25) is 4.79 Å². The third-order valence-corrected chi connectivity index (χ3v) is 3.75. The Hall–Kier alpha value is -1.31. The second-order valence-corrected chi connectivity index (χ2v) is 4.61. The van der Waals surface area contributed by atoms with Crippen molar-refractivity contribution in [2.24, 2.45) is 0 Å². The average Bonchev–Trinajstić information content (AvgIpc) is 2.60. The molecule has 0 amide bonds. The summed E-state index contributed by atoms with van der Waals surface area (Å²) in [5, 5.41) is 0. The molecule has 2 aliphatic rings. The van der Waals surface area contributed by atoms with Gasteiger partial charge in [-0.1, -0.05) is 19.1 Å². The molecule has 1 aliphatic carbocycles. The van der Waals surface area contributed by atoms with E-state index in [9.17, 15) is 4.79 Å². The van der Waals surface area contributed by atoms with Crippen LogP contribution in [0.25, 0.3) is 0 Å². The Morgan fingerprint density at radius 1 is 1.47 bits per heavy atom. The molecule has 2 nitrogen and oxygen atoms in total. The predicted octanol–water partition coefficient (Wildman–Crippen LogP) is 2.24. The second-order valence-electron chi connectivity index (χ2n) is 4.61. The lowest BCUT2D eigenvalue weighted by Crippen LogP contribution is -2.35. The summed E-state index contributed by atoms with van der Waals surface area (Å²) in [4.78, 5) is 11.7. The lowest BCUT2D eigenvalue weighted by molar-refractivity contribution is -0.120. The Balaban J connectivity index is 2.25. The molecule has 0 saturated carbocycles. The zero-order valence-corrected chi connectivity index (χ0v) is 8.88. The highest BCUT2D eigenvalue weighted by Crippen LogP contribution is 2.48. The van der Waals surface area contributed by atoms with Crippen molar-refractivity contribution in [3.05, 3.63) is 29.3 Å². The van der Waals surface area contributed by atoms with Gasteiger partial charge in [-0.15, -0.1) is 0 Å². The van der Waals surface area contributed by atoms with E-state index in [2.05, 4.69) is 13.0 Å². The van der Waals surface area contributed by atoms with Gasteiger partial charge in [-0.05, 0) is 18.1 Å². The lowest BCUT2D eigenvalue weighted by Gasteiger charge is -2.31. The first-order valence-electron chi connectivity index (χ1n) is 5.52. The van der Waals surface area contributed by atoms with Crippen molar-refractivity contribution < 1.29 is 9.53 Å². The highest BCUT2D eigenvalue weighted by Gasteiger charge is 2.45. The molecule has 0 saturated heterocycles. The van der Waals surface area contributed by atoms with Crippen molar-refractivity contribution in [2.45, 2.75) is 31.6 Å². The summed E-state index contributed by atoms with van der Waals surface area (Å²) in [5.41, 5.74) is 2.48. The normalized spacial score (nSPS) is 27.4. The molecule has 0 unspecified atom stereocenters. The minimum absolute atomic E-state index is 0.0126. The van der Waals surface area contributed by atoms with Gasteiger partial charge in [-0.2, -0.15) is 0 Å². The number of Topliss-reactive ketones (excluding diaryl/α,β-unsaturated/α-hetero) is 1. The topological polar surface area (TPSA) is 26.3 Å². The van der Waals surface area contributed by atoms with Crippen molar-refractivity contribution in [1.29, 1.82) is 0 Å². The molecular weight excluding hydrogens is 188 g/mol. The van der Waals surface area contributed by atoms with E-state index in [1.54, 1.807) is 0 Å². The Kier molecular flexibility index (Phi) is 1.70. The van der Waals surface area contributed by atoms with Gasteiger partial charge in [0.1, 0.15) is 11.5 Å². The standard InChI is InChI=1S/C13H14O2/c1-2-13-7-10(14)6-9-4-3-5-11(12(9)13)15-8-13/h3-5H,2,6-8H2,1H3/t13-/m0/s1. The minimum Gasteiger partial charge on any atom is -0.492 e. The van der Waals surface area contributed by atoms with Crippen LogP contribution in [0.2, 0.25) is 0 Å². The van der Waals surface area contributed by atoms with E-state index in [0.717, 1.165) is 12.2 Å². The van der Waals surface area contributed by atoms with Crippen LogP contribution in [0.5, 0.6) is 5.75 Å². The van der Waals surface area contributed by atoms with E-state index >= 15 is 0 Å². The number of hydrogen-bond acceptors (Lipinski definition) is 2. The molecule has 1 aromatic rings. The largest absolute Gasteiger partial charge is 0.492 e. The number of ketones is 1. The summed E-state index contributed by atoms with van der Waals surface area (Å²) in [6.45, 7) is 2.83. The van der Waals surface area contributed by atoms with Gasteiger partial charge in [0.2, 0.25) is 0 Å². The first-order chi connectivity index (χ1) is 7.25. The van der Waals surface area contributed by atoms with Crippen molar-refractivity contribution in [3.63, 3.8) is 0 Å². The summed E-state index contributed by atoms with van der Waals surface area (Å²) in [6.07, 6.45) is 2.24. The average molecular weight is 202 g/mol. The summed E-state index contributed by atoms with van der Waals surface area (Å²) < 4.78 is 5.71. The molecule has 1 aromatic carbocycles. The summed E-state index contributed by atoms with van der Waals surface area (Å²) >= 11 is 0. The van der Waals surface area contributed by atoms with E-state index < -0.39 is 0 Å². The number of rotatable bonds is 1. The monoisotopic (exact) mass is 202 g/mol. The fourth-order valence-corrected chi connectivity index (χ4v) is 2.93. The van der Waals surface area contributed by atoms with Gasteiger partial charge < -0.3 is 4.74 Å². The highest BCUT2D eigenvalue weighted by molar-refractivity contribution is 5.86. The number of hydrogen-bond donors (Lipinski definition) is 0. The fourth-order valence-electron chi connectivity index (χ4n) is 2.93. The van der Waals surface area contributed by atoms with E-state index in [4.69, 9.17) is 4.74 Å². The highest BCUT2D eigenvalue weighted by atomic mass is 16.5. The van der Waals surface area contributed by atoms with Crippen LogP contribution < -0.4 is 4.74 Å². The van der Waals surface area contributed by atoms with Crippen LogP contribution in [-0.4, -0.2) is 12.4 Å². The van der Waals surface area contributed by atoms with Crippen LogP contribution >= 0.6 is 0 Å². The van der Waals surface area contributed by atoms with Gasteiger partial charge in [0.25, 0.3) is 0 Å².